The van der Waals surface area contributed by atoms with Crippen LogP contribution in [-0.2, 0) is 0 Å². The van der Waals surface area contributed by atoms with Crippen LogP contribution in [0, 0.1) is 11.8 Å². The molecule has 0 N–H and O–H groups in total. The van der Waals surface area contributed by atoms with E-state index in [2.05, 4.69) is 19.9 Å². The molecule has 0 saturated carbocycles. The average molecular weight is 196 g/mol. The summed E-state index contributed by atoms with van der Waals surface area (Å²) < 4.78 is 0. The topological polar surface area (TPSA) is 0 Å². The van der Waals surface area contributed by atoms with E-state index in [4.69, 9.17) is 0 Å². The lowest BCUT2D eigenvalue weighted by Gasteiger charge is -2.54. The zero-order chi connectivity index (χ0) is 9.05. The van der Waals surface area contributed by atoms with E-state index in [1.54, 1.807) is 29.3 Å². The summed E-state index contributed by atoms with van der Waals surface area (Å²) in [5.41, 5.74) is 1.73. The van der Waals surface area contributed by atoms with Gasteiger partial charge in [0.05, 0.1) is 0 Å². The first kappa shape index (κ1) is 8.40. The summed E-state index contributed by atoms with van der Waals surface area (Å²) in [4.78, 5) is 0. The molecule has 74 valence electrons. The Morgan fingerprint density at radius 2 is 2.08 bits per heavy atom. The molecule has 0 aromatic heterocycles. The van der Waals surface area contributed by atoms with Crippen LogP contribution < -0.4 is 0 Å². The Balaban J connectivity index is 2.00. The van der Waals surface area contributed by atoms with Crippen LogP contribution >= 0.6 is 10.0 Å². The minimum Gasteiger partial charge on any atom is -0.237 e. The molecule has 0 aromatic carbocycles. The van der Waals surface area contributed by atoms with Crippen molar-refractivity contribution in [2.45, 2.75) is 31.9 Å². The van der Waals surface area contributed by atoms with Crippen LogP contribution in [0.15, 0.2) is 11.6 Å². The van der Waals surface area contributed by atoms with E-state index in [0.29, 0.717) is 0 Å². The van der Waals surface area contributed by atoms with Gasteiger partial charge in [0.25, 0.3) is 0 Å². The molecule has 3 rings (SSSR count). The lowest BCUT2D eigenvalue weighted by molar-refractivity contribution is 0.603. The van der Waals surface area contributed by atoms with Crippen molar-refractivity contribution in [1.29, 1.82) is 0 Å². The van der Waals surface area contributed by atoms with Crippen LogP contribution in [-0.4, -0.2) is 22.5 Å². The largest absolute Gasteiger partial charge is 0.237 e. The van der Waals surface area contributed by atoms with Crippen LogP contribution in [0.2, 0.25) is 0 Å². The number of rotatable bonds is 0. The maximum Gasteiger partial charge on any atom is -0.00437 e. The molecular formula is C12H20S. The first-order valence-corrected chi connectivity index (χ1v) is 7.85. The van der Waals surface area contributed by atoms with Crippen molar-refractivity contribution in [2.75, 3.05) is 17.3 Å². The second kappa shape index (κ2) is 2.56. The zero-order valence-corrected chi connectivity index (χ0v) is 9.57. The van der Waals surface area contributed by atoms with Crippen molar-refractivity contribution in [3.8, 4) is 0 Å². The summed E-state index contributed by atoms with van der Waals surface area (Å²) in [7, 11) is -0.0728. The fourth-order valence-corrected chi connectivity index (χ4v) is 8.96. The van der Waals surface area contributed by atoms with Crippen molar-refractivity contribution in [1.82, 2.24) is 0 Å². The van der Waals surface area contributed by atoms with Crippen LogP contribution in [0.25, 0.3) is 0 Å². The minimum atomic E-state index is -0.0728. The lowest BCUT2D eigenvalue weighted by Crippen LogP contribution is -2.38. The average Bonchev–Trinajstić information content (AvgIpc) is 2.44. The third kappa shape index (κ3) is 1.000. The fraction of sp³-hybridized carbons (Fsp3) is 0.833. The summed E-state index contributed by atoms with van der Waals surface area (Å²) >= 11 is 0. The SMILES string of the molecule is CC1=CC(C)C2CCS23CC[C@H]1C3. The van der Waals surface area contributed by atoms with Gasteiger partial charge in [-0.05, 0) is 54.1 Å². The van der Waals surface area contributed by atoms with E-state index < -0.39 is 0 Å². The maximum atomic E-state index is 2.60. The maximum absolute atomic E-state index is 2.60. The highest BCUT2D eigenvalue weighted by Gasteiger charge is 2.49. The van der Waals surface area contributed by atoms with E-state index in [9.17, 15) is 0 Å². The van der Waals surface area contributed by atoms with Gasteiger partial charge in [-0.3, -0.25) is 0 Å². The van der Waals surface area contributed by atoms with Gasteiger partial charge in [0.2, 0.25) is 0 Å². The van der Waals surface area contributed by atoms with Gasteiger partial charge in [-0.1, -0.05) is 18.6 Å². The molecule has 1 spiro atoms. The summed E-state index contributed by atoms with van der Waals surface area (Å²) in [6.07, 6.45) is 5.68. The van der Waals surface area contributed by atoms with Crippen LogP contribution in [0.5, 0.6) is 0 Å². The summed E-state index contributed by atoms with van der Waals surface area (Å²) in [5.74, 6) is 6.78. The third-order valence-corrected chi connectivity index (χ3v) is 9.73. The summed E-state index contributed by atoms with van der Waals surface area (Å²) in [6, 6.07) is 0. The van der Waals surface area contributed by atoms with Crippen molar-refractivity contribution in [3.63, 3.8) is 0 Å². The standard InChI is InChI=1S/C12H20S/c1-9-7-10(2)12-4-6-13(12)5-3-11(9)8-13/h7,10-12H,3-6,8H2,1-2H3/t10?,11-,12?/m0/s1. The quantitative estimate of drug-likeness (QED) is 0.522. The Bertz CT molecular complexity index is 268. The van der Waals surface area contributed by atoms with Crippen molar-refractivity contribution in [2.24, 2.45) is 11.8 Å². The smallest absolute Gasteiger partial charge is 0.00437 e. The molecule has 3 unspecified atom stereocenters. The van der Waals surface area contributed by atoms with Crippen LogP contribution in [0.4, 0.5) is 0 Å². The molecule has 2 bridgehead atoms. The highest BCUT2D eigenvalue weighted by molar-refractivity contribution is 8.35. The predicted octanol–water partition coefficient (Wildman–Crippen LogP) is 3.18. The van der Waals surface area contributed by atoms with Gasteiger partial charge in [-0.25, -0.2) is 10.0 Å². The van der Waals surface area contributed by atoms with Crippen molar-refractivity contribution < 1.29 is 0 Å². The van der Waals surface area contributed by atoms with E-state index >= 15 is 0 Å². The Kier molecular flexibility index (Phi) is 1.66. The highest BCUT2D eigenvalue weighted by atomic mass is 32.3. The van der Waals surface area contributed by atoms with Gasteiger partial charge < -0.3 is 0 Å². The van der Waals surface area contributed by atoms with E-state index in [-0.39, 0.29) is 10.0 Å². The van der Waals surface area contributed by atoms with E-state index in [0.717, 1.165) is 17.1 Å². The normalized spacial score (nSPS) is 58.3. The van der Waals surface area contributed by atoms with Crippen LogP contribution in [0.1, 0.15) is 26.7 Å². The second-order valence-electron chi connectivity index (χ2n) is 5.27. The molecule has 0 radical (unpaired) electrons. The van der Waals surface area contributed by atoms with E-state index in [1.165, 1.54) is 6.42 Å². The van der Waals surface area contributed by atoms with Gasteiger partial charge >= 0.3 is 0 Å². The van der Waals surface area contributed by atoms with Gasteiger partial charge in [0, 0.05) is 0 Å². The molecule has 0 nitrogen and oxygen atoms in total. The number of fused-ring (bicyclic) bond motifs is 1. The van der Waals surface area contributed by atoms with Gasteiger partial charge in [-0.2, -0.15) is 0 Å². The Morgan fingerprint density at radius 3 is 2.77 bits per heavy atom. The lowest BCUT2D eigenvalue weighted by atomic mass is 9.94. The van der Waals surface area contributed by atoms with Gasteiger partial charge in [0.1, 0.15) is 0 Å². The molecule has 2 fully saturated rings. The minimum absolute atomic E-state index is 0.0728. The van der Waals surface area contributed by atoms with Crippen molar-refractivity contribution in [3.05, 3.63) is 11.6 Å². The van der Waals surface area contributed by atoms with Gasteiger partial charge in [-0.15, -0.1) is 0 Å². The van der Waals surface area contributed by atoms with Gasteiger partial charge in [0.15, 0.2) is 0 Å². The second-order valence-corrected chi connectivity index (χ2v) is 9.25. The van der Waals surface area contributed by atoms with Crippen molar-refractivity contribution >= 4 is 10.0 Å². The Labute approximate surface area is 83.1 Å². The molecule has 4 atom stereocenters. The number of hydrogen-bond acceptors (Lipinski definition) is 0. The van der Waals surface area contributed by atoms with E-state index in [1.807, 2.05) is 0 Å². The molecular weight excluding hydrogens is 176 g/mol. The third-order valence-electron chi connectivity index (χ3n) is 4.61. The molecule has 13 heavy (non-hydrogen) atoms. The molecule has 3 aliphatic heterocycles. The molecule has 0 aliphatic carbocycles. The first-order chi connectivity index (χ1) is 6.21. The first-order valence-electron chi connectivity index (χ1n) is 5.65. The summed E-state index contributed by atoms with van der Waals surface area (Å²) in [5, 5.41) is 1.13. The molecule has 0 aromatic rings. The highest BCUT2D eigenvalue weighted by Crippen LogP contribution is 2.71. The predicted molar refractivity (Wildman–Crippen MR) is 61.6 cm³/mol. The molecule has 2 saturated heterocycles. The summed E-state index contributed by atoms with van der Waals surface area (Å²) in [6.45, 7) is 4.84. The monoisotopic (exact) mass is 196 g/mol. The van der Waals surface area contributed by atoms with Crippen LogP contribution in [0.3, 0.4) is 0 Å². The molecule has 3 aliphatic rings. The Morgan fingerprint density at radius 1 is 1.31 bits per heavy atom. The molecule has 1 heteroatoms. The molecule has 0 amide bonds. The molecule has 3 heterocycles. The fourth-order valence-electron chi connectivity index (χ4n) is 3.73. The number of hydrogen-bond donors (Lipinski definition) is 0. The zero-order valence-electron chi connectivity index (χ0n) is 8.75. The number of allylic oxidation sites excluding steroid dienone is 2. The Hall–Kier alpha value is 0.0900.